The second-order valence-corrected chi connectivity index (χ2v) is 8.49. The number of amides is 2. The highest BCUT2D eigenvalue weighted by molar-refractivity contribution is 6.32. The van der Waals surface area contributed by atoms with Crippen LogP contribution in [0.25, 0.3) is 10.8 Å². The number of hydrogen-bond donors (Lipinski definition) is 5. The largest absolute Gasteiger partial charge is 0.505 e. The van der Waals surface area contributed by atoms with Gasteiger partial charge in [0.25, 0.3) is 11.8 Å². The van der Waals surface area contributed by atoms with Crippen molar-refractivity contribution in [3.8, 4) is 23.0 Å². The molecular weight excluding hydrogens is 524 g/mol. The van der Waals surface area contributed by atoms with Crippen LogP contribution in [0.4, 0.5) is 17.1 Å². The summed E-state index contributed by atoms with van der Waals surface area (Å²) in [5, 5.41) is 17.3. The third-order valence-electron chi connectivity index (χ3n) is 5.75. The fourth-order valence-electron chi connectivity index (χ4n) is 3.71. The van der Waals surface area contributed by atoms with Gasteiger partial charge in [0.15, 0.2) is 5.75 Å². The van der Waals surface area contributed by atoms with Crippen LogP contribution in [0.3, 0.4) is 0 Å². The van der Waals surface area contributed by atoms with E-state index in [1.807, 2.05) is 18.2 Å². The van der Waals surface area contributed by atoms with Crippen LogP contribution in [0.1, 0.15) is 20.7 Å². The number of carbonyl (C=O) groups is 2. The number of nitrogen functional groups attached to an aromatic ring is 2. The molecule has 204 valence electrons. The number of methoxy groups -OCH3 is 3. The number of phenols is 1. The second-order valence-electron chi connectivity index (χ2n) is 8.08. The summed E-state index contributed by atoms with van der Waals surface area (Å²) in [5.41, 5.74) is 13.1. The van der Waals surface area contributed by atoms with Crippen LogP contribution < -0.4 is 36.3 Å². The summed E-state index contributed by atoms with van der Waals surface area (Å²) in [6, 6.07) is 16.8. The quantitative estimate of drug-likeness (QED) is 0.170. The van der Waals surface area contributed by atoms with Crippen LogP contribution in [0.2, 0.25) is 5.02 Å². The highest BCUT2D eigenvalue weighted by atomic mass is 35.5. The predicted molar refractivity (Wildman–Crippen MR) is 153 cm³/mol. The molecule has 2 amide bonds. The van der Waals surface area contributed by atoms with Crippen molar-refractivity contribution in [1.29, 1.82) is 0 Å². The van der Waals surface area contributed by atoms with E-state index in [4.69, 9.17) is 37.3 Å². The number of halogens is 1. The number of nitrogens with two attached hydrogens (primary N) is 2. The lowest BCUT2D eigenvalue weighted by Crippen LogP contribution is -2.17. The summed E-state index contributed by atoms with van der Waals surface area (Å²) < 4.78 is 15.4. The number of aromatic hydroxyl groups is 1. The summed E-state index contributed by atoms with van der Waals surface area (Å²) in [7, 11) is 6.05. The lowest BCUT2D eigenvalue weighted by molar-refractivity contribution is 0.0962. The van der Waals surface area contributed by atoms with Gasteiger partial charge in [-0.25, -0.2) is 0 Å². The monoisotopic (exact) mass is 552 g/mol. The van der Waals surface area contributed by atoms with Gasteiger partial charge in [0.05, 0.1) is 49.0 Å². The Balaban J connectivity index is 0.000000272. The minimum Gasteiger partial charge on any atom is -0.505 e. The summed E-state index contributed by atoms with van der Waals surface area (Å²) >= 11 is 6.12. The van der Waals surface area contributed by atoms with Crippen molar-refractivity contribution in [1.82, 2.24) is 5.32 Å². The topological polar surface area (TPSA) is 158 Å². The molecule has 0 unspecified atom stereocenters. The average molecular weight is 553 g/mol. The van der Waals surface area contributed by atoms with Gasteiger partial charge >= 0.3 is 0 Å². The van der Waals surface area contributed by atoms with Crippen LogP contribution in [0.15, 0.2) is 60.7 Å². The summed E-state index contributed by atoms with van der Waals surface area (Å²) in [4.78, 5) is 23.9. The zero-order valence-corrected chi connectivity index (χ0v) is 22.6. The fraction of sp³-hybridized carbons (Fsp3) is 0.143. The molecule has 39 heavy (non-hydrogen) atoms. The molecule has 4 aromatic carbocycles. The van der Waals surface area contributed by atoms with Crippen molar-refractivity contribution in [2.24, 2.45) is 0 Å². The Morgan fingerprint density at radius 2 is 1.51 bits per heavy atom. The van der Waals surface area contributed by atoms with E-state index in [9.17, 15) is 14.7 Å². The van der Waals surface area contributed by atoms with Crippen molar-refractivity contribution < 1.29 is 28.9 Å². The Bertz CT molecular complexity index is 1530. The molecule has 0 aromatic heterocycles. The second kappa shape index (κ2) is 12.6. The van der Waals surface area contributed by atoms with E-state index in [0.29, 0.717) is 44.6 Å². The maximum atomic E-state index is 12.7. The fourth-order valence-corrected chi connectivity index (χ4v) is 3.95. The highest BCUT2D eigenvalue weighted by Gasteiger charge is 2.19. The number of nitrogens with one attached hydrogen (secondary N) is 2. The van der Waals surface area contributed by atoms with Gasteiger partial charge in [-0.15, -0.1) is 0 Å². The summed E-state index contributed by atoms with van der Waals surface area (Å²) in [6.07, 6.45) is 0. The third-order valence-corrected chi connectivity index (χ3v) is 6.04. The van der Waals surface area contributed by atoms with Crippen LogP contribution in [-0.2, 0) is 0 Å². The van der Waals surface area contributed by atoms with Gasteiger partial charge in [-0.2, -0.15) is 0 Å². The standard InChI is InChI=1S/C19H17ClN2O4.C9H12N2O2/c1-25-15-9-16(26-2)14(8-13(15)20)22-19(24)12-7-10-5-3-4-6-11(10)17(21)18(12)23;1-11-9(12)6-3-4-8(13-2)7(10)5-6/h3-9,23H,21H2,1-2H3,(H,22,24);3-5H,10H2,1-2H3,(H,11,12). The zero-order valence-electron chi connectivity index (χ0n) is 21.8. The van der Waals surface area contributed by atoms with E-state index >= 15 is 0 Å². The molecule has 0 aliphatic heterocycles. The molecule has 0 fully saturated rings. The number of rotatable bonds is 6. The van der Waals surface area contributed by atoms with Crippen LogP contribution >= 0.6 is 11.6 Å². The lowest BCUT2D eigenvalue weighted by Gasteiger charge is -2.14. The molecule has 0 radical (unpaired) electrons. The zero-order chi connectivity index (χ0) is 28.7. The van der Waals surface area contributed by atoms with E-state index in [1.165, 1.54) is 27.4 Å². The molecule has 0 bridgehead atoms. The molecule has 10 nitrogen and oxygen atoms in total. The first-order valence-corrected chi connectivity index (χ1v) is 11.9. The van der Waals surface area contributed by atoms with E-state index in [1.54, 1.807) is 43.4 Å². The van der Waals surface area contributed by atoms with Gasteiger partial charge in [0.2, 0.25) is 0 Å². The molecule has 0 aliphatic rings. The first-order valence-electron chi connectivity index (χ1n) is 11.5. The Morgan fingerprint density at radius 3 is 2.13 bits per heavy atom. The smallest absolute Gasteiger partial charge is 0.259 e. The lowest BCUT2D eigenvalue weighted by atomic mass is 10.0. The predicted octanol–water partition coefficient (Wildman–Crippen LogP) is 4.69. The molecule has 0 saturated carbocycles. The summed E-state index contributed by atoms with van der Waals surface area (Å²) in [6.45, 7) is 0. The molecule has 4 rings (SSSR count). The van der Waals surface area contributed by atoms with Gasteiger partial charge in [-0.3, -0.25) is 9.59 Å². The van der Waals surface area contributed by atoms with Gasteiger partial charge < -0.3 is 41.4 Å². The Hall–Kier alpha value is -4.83. The molecule has 7 N–H and O–H groups in total. The van der Waals surface area contributed by atoms with Gasteiger partial charge in [0, 0.05) is 24.1 Å². The van der Waals surface area contributed by atoms with Crippen molar-refractivity contribution in [2.45, 2.75) is 0 Å². The normalized spacial score (nSPS) is 10.2. The van der Waals surface area contributed by atoms with E-state index < -0.39 is 5.91 Å². The van der Waals surface area contributed by atoms with Crippen molar-refractivity contribution in [3.05, 3.63) is 76.8 Å². The maximum Gasteiger partial charge on any atom is 0.259 e. The van der Waals surface area contributed by atoms with Gasteiger partial charge in [-0.1, -0.05) is 35.9 Å². The number of fused-ring (bicyclic) bond motifs is 1. The molecule has 0 spiro atoms. The molecule has 0 saturated heterocycles. The number of ether oxygens (including phenoxy) is 3. The number of benzene rings is 4. The van der Waals surface area contributed by atoms with Crippen molar-refractivity contribution in [3.63, 3.8) is 0 Å². The molecule has 0 aliphatic carbocycles. The molecule has 0 heterocycles. The SMILES string of the molecule is CNC(=O)c1ccc(OC)c(N)c1.COc1cc(OC)c(NC(=O)c2cc3ccccc3c(N)c2O)cc1Cl. The average Bonchev–Trinajstić information content (AvgIpc) is 2.94. The first kappa shape index (κ1) is 28.7. The van der Waals surface area contributed by atoms with E-state index in [-0.39, 0.29) is 22.9 Å². The van der Waals surface area contributed by atoms with Crippen LogP contribution in [0.5, 0.6) is 23.0 Å². The third kappa shape index (κ3) is 6.36. The Morgan fingerprint density at radius 1 is 0.846 bits per heavy atom. The minimum atomic E-state index is -0.542. The maximum absolute atomic E-state index is 12.7. The number of anilines is 3. The molecular formula is C28H29ClN4O6. The van der Waals surface area contributed by atoms with Crippen molar-refractivity contribution >= 4 is 51.2 Å². The highest BCUT2D eigenvalue weighted by Crippen LogP contribution is 2.38. The number of carbonyl (C=O) groups excluding carboxylic acids is 2. The van der Waals surface area contributed by atoms with Crippen molar-refractivity contribution in [2.75, 3.05) is 45.2 Å². The minimum absolute atomic E-state index is 0.0511. The number of phenolic OH excluding ortho intramolecular Hbond substituents is 1. The molecule has 0 atom stereocenters. The molecule has 11 heteroatoms. The van der Waals surface area contributed by atoms with Crippen LogP contribution in [0, 0.1) is 0 Å². The number of hydrogen-bond acceptors (Lipinski definition) is 8. The Kier molecular flexibility index (Phi) is 9.29. The van der Waals surface area contributed by atoms with Gasteiger partial charge in [0.1, 0.15) is 17.2 Å². The van der Waals surface area contributed by atoms with Gasteiger partial charge in [-0.05, 0) is 35.7 Å². The van der Waals surface area contributed by atoms with Crippen LogP contribution in [-0.4, -0.2) is 45.3 Å². The first-order chi connectivity index (χ1) is 18.6. The molecule has 4 aromatic rings. The van der Waals surface area contributed by atoms with E-state index in [2.05, 4.69) is 10.6 Å². The Labute approximate surface area is 230 Å². The van der Waals surface area contributed by atoms with E-state index in [0.717, 1.165) is 5.39 Å². The summed E-state index contributed by atoms with van der Waals surface area (Å²) in [5.74, 6) is 0.383.